The summed E-state index contributed by atoms with van der Waals surface area (Å²) in [5.74, 6) is -1.04. The van der Waals surface area contributed by atoms with Crippen molar-refractivity contribution in [2.24, 2.45) is 10.1 Å². The number of aryl methyl sites for hydroxylation is 1. The predicted molar refractivity (Wildman–Crippen MR) is 142 cm³/mol. The quantitative estimate of drug-likeness (QED) is 0.450. The molecule has 0 saturated heterocycles. The molecule has 2 aliphatic heterocycles. The third-order valence-electron chi connectivity index (χ3n) is 5.99. The van der Waals surface area contributed by atoms with Crippen molar-refractivity contribution in [2.75, 3.05) is 5.32 Å². The molecular weight excluding hydrogens is 499 g/mol. The number of rotatable bonds is 5. The van der Waals surface area contributed by atoms with Crippen molar-refractivity contribution in [1.82, 2.24) is 5.01 Å². The largest absolute Gasteiger partial charge is 0.325 e. The van der Waals surface area contributed by atoms with Gasteiger partial charge in [-0.25, -0.2) is 9.40 Å². The van der Waals surface area contributed by atoms with Crippen LogP contribution in [0.2, 0.25) is 5.02 Å². The van der Waals surface area contributed by atoms with E-state index >= 15 is 0 Å². The number of hydrogen-bond acceptors (Lipinski definition) is 5. The summed E-state index contributed by atoms with van der Waals surface area (Å²) >= 11 is 7.34. The van der Waals surface area contributed by atoms with Gasteiger partial charge < -0.3 is 5.32 Å². The van der Waals surface area contributed by atoms with Crippen LogP contribution >= 0.6 is 23.4 Å². The number of nitrogens with one attached hydrogen (secondary N) is 1. The van der Waals surface area contributed by atoms with Gasteiger partial charge in [-0.05, 0) is 42.3 Å². The van der Waals surface area contributed by atoms with Crippen molar-refractivity contribution >= 4 is 51.7 Å². The third kappa shape index (κ3) is 5.20. The second-order valence-corrected chi connectivity index (χ2v) is 10.2. The van der Waals surface area contributed by atoms with E-state index in [4.69, 9.17) is 16.7 Å². The standard InChI is InChI=1S/C27H22ClFN4O2S/c1-16-6-8-17(9-7-16)22-14-23(18-10-12-19(29)13-11-18)33(32-22)27-31-26(35)24(36-27)15-25(34)30-21-5-3-2-4-20(21)28/h2-13,23-24H,14-15H2,1H3,(H,30,34)/t23-,24-/m1/s1. The molecule has 0 aromatic heterocycles. The Hall–Kier alpha value is -3.49. The number of para-hydroxylation sites is 1. The number of amides is 2. The highest BCUT2D eigenvalue weighted by Gasteiger charge is 2.39. The number of benzene rings is 3. The van der Waals surface area contributed by atoms with Crippen LogP contribution in [0.15, 0.2) is 82.9 Å². The number of nitrogens with zero attached hydrogens (tertiary/aromatic N) is 3. The number of thioether (sulfide) groups is 1. The van der Waals surface area contributed by atoms with Crippen molar-refractivity contribution < 1.29 is 14.0 Å². The van der Waals surface area contributed by atoms with Crippen LogP contribution in [0.3, 0.4) is 0 Å². The van der Waals surface area contributed by atoms with E-state index in [1.165, 1.54) is 23.9 Å². The van der Waals surface area contributed by atoms with Gasteiger partial charge in [0.15, 0.2) is 5.17 Å². The van der Waals surface area contributed by atoms with Crippen LogP contribution in [0.25, 0.3) is 0 Å². The number of carbonyl (C=O) groups is 2. The number of aliphatic imine (C=N–C) groups is 1. The highest BCUT2D eigenvalue weighted by molar-refractivity contribution is 8.15. The highest BCUT2D eigenvalue weighted by Crippen LogP contribution is 2.38. The van der Waals surface area contributed by atoms with Gasteiger partial charge in [0.1, 0.15) is 11.1 Å². The third-order valence-corrected chi connectivity index (χ3v) is 7.47. The average molecular weight is 521 g/mol. The maximum absolute atomic E-state index is 13.6. The van der Waals surface area contributed by atoms with E-state index in [9.17, 15) is 14.0 Å². The minimum absolute atomic E-state index is 0.0503. The van der Waals surface area contributed by atoms with Crippen molar-refractivity contribution in [3.63, 3.8) is 0 Å². The van der Waals surface area contributed by atoms with Gasteiger partial charge in [-0.1, -0.05) is 77.5 Å². The number of amidine groups is 1. The molecule has 0 aliphatic carbocycles. The lowest BCUT2D eigenvalue weighted by Gasteiger charge is -2.23. The van der Waals surface area contributed by atoms with E-state index in [0.29, 0.717) is 22.3 Å². The molecule has 3 aromatic carbocycles. The summed E-state index contributed by atoms with van der Waals surface area (Å²) in [7, 11) is 0. The fraction of sp³-hybridized carbons (Fsp3) is 0.185. The van der Waals surface area contributed by atoms with E-state index in [1.54, 1.807) is 41.4 Å². The molecule has 2 aliphatic rings. The molecule has 2 amide bonds. The van der Waals surface area contributed by atoms with Gasteiger partial charge in [0.2, 0.25) is 5.91 Å². The molecule has 0 spiro atoms. The summed E-state index contributed by atoms with van der Waals surface area (Å²) in [5.41, 5.74) is 4.31. The summed E-state index contributed by atoms with van der Waals surface area (Å²) < 4.78 is 13.6. The number of carbonyl (C=O) groups excluding carboxylic acids is 2. The first kappa shape index (κ1) is 24.2. The molecule has 0 bridgehead atoms. The molecule has 5 rings (SSSR count). The molecule has 2 heterocycles. The Labute approximate surface area is 217 Å². The van der Waals surface area contributed by atoms with Crippen molar-refractivity contribution in [3.8, 4) is 0 Å². The first-order chi connectivity index (χ1) is 17.4. The zero-order valence-electron chi connectivity index (χ0n) is 19.3. The molecule has 0 radical (unpaired) electrons. The summed E-state index contributed by atoms with van der Waals surface area (Å²) in [6, 6.07) is 21.0. The van der Waals surface area contributed by atoms with Crippen LogP contribution in [0, 0.1) is 12.7 Å². The lowest BCUT2D eigenvalue weighted by molar-refractivity contribution is -0.121. The minimum atomic E-state index is -0.671. The Bertz CT molecular complexity index is 1380. The van der Waals surface area contributed by atoms with E-state index in [1.807, 2.05) is 31.2 Å². The second-order valence-electron chi connectivity index (χ2n) is 8.60. The van der Waals surface area contributed by atoms with E-state index in [-0.39, 0.29) is 30.1 Å². The van der Waals surface area contributed by atoms with Crippen LogP contribution in [-0.2, 0) is 9.59 Å². The maximum atomic E-state index is 13.6. The molecule has 0 fully saturated rings. The SMILES string of the molecule is Cc1ccc(C2=NN(C3=NC(=O)[C@@H](CC(=O)Nc4ccccc4Cl)S3)[C@@H](c3ccc(F)cc3)C2)cc1. The van der Waals surface area contributed by atoms with Crippen LogP contribution in [0.1, 0.15) is 35.6 Å². The summed E-state index contributed by atoms with van der Waals surface area (Å²) in [5, 5.41) is 9.46. The number of hydrogen-bond donors (Lipinski definition) is 1. The molecule has 36 heavy (non-hydrogen) atoms. The van der Waals surface area contributed by atoms with Crippen molar-refractivity contribution in [3.05, 3.63) is 100 Å². The lowest BCUT2D eigenvalue weighted by atomic mass is 9.98. The predicted octanol–water partition coefficient (Wildman–Crippen LogP) is 5.97. The van der Waals surface area contributed by atoms with Gasteiger partial charge in [-0.2, -0.15) is 10.1 Å². The van der Waals surface area contributed by atoms with E-state index in [2.05, 4.69) is 10.3 Å². The van der Waals surface area contributed by atoms with Crippen LogP contribution in [0.4, 0.5) is 10.1 Å². The van der Waals surface area contributed by atoms with E-state index < -0.39 is 5.25 Å². The zero-order valence-corrected chi connectivity index (χ0v) is 20.9. The Balaban J connectivity index is 1.36. The van der Waals surface area contributed by atoms with Gasteiger partial charge in [-0.15, -0.1) is 0 Å². The monoisotopic (exact) mass is 520 g/mol. The summed E-state index contributed by atoms with van der Waals surface area (Å²) in [6.45, 7) is 2.02. The zero-order chi connectivity index (χ0) is 25.2. The van der Waals surface area contributed by atoms with Gasteiger partial charge in [0, 0.05) is 12.8 Å². The van der Waals surface area contributed by atoms with E-state index in [0.717, 1.165) is 22.4 Å². The smallest absolute Gasteiger partial charge is 0.262 e. The molecule has 3 aromatic rings. The van der Waals surface area contributed by atoms with Gasteiger partial charge in [-0.3, -0.25) is 9.59 Å². The average Bonchev–Trinajstić information content (AvgIpc) is 3.45. The van der Waals surface area contributed by atoms with Gasteiger partial charge >= 0.3 is 0 Å². The Morgan fingerprint density at radius 2 is 1.83 bits per heavy atom. The molecular formula is C27H22ClFN4O2S. The van der Waals surface area contributed by atoms with Crippen LogP contribution in [-0.4, -0.2) is 33.0 Å². The maximum Gasteiger partial charge on any atom is 0.262 e. The summed E-state index contributed by atoms with van der Waals surface area (Å²) in [4.78, 5) is 29.6. The molecule has 1 N–H and O–H groups in total. The molecule has 9 heteroatoms. The second kappa shape index (κ2) is 10.2. The Kier molecular flexibility index (Phi) is 6.89. The van der Waals surface area contributed by atoms with Crippen molar-refractivity contribution in [1.29, 1.82) is 0 Å². The number of hydrazone groups is 1. The van der Waals surface area contributed by atoms with Crippen LogP contribution < -0.4 is 5.32 Å². The van der Waals surface area contributed by atoms with Crippen LogP contribution in [0.5, 0.6) is 0 Å². The lowest BCUT2D eigenvalue weighted by Crippen LogP contribution is -2.25. The van der Waals surface area contributed by atoms with Gasteiger partial charge in [0.25, 0.3) is 5.91 Å². The highest BCUT2D eigenvalue weighted by atomic mass is 35.5. The molecule has 182 valence electrons. The fourth-order valence-corrected chi connectivity index (χ4v) is 5.33. The molecule has 0 saturated carbocycles. The Morgan fingerprint density at radius 1 is 1.11 bits per heavy atom. The molecule has 2 atom stereocenters. The van der Waals surface area contributed by atoms with Crippen molar-refractivity contribution in [2.45, 2.75) is 31.1 Å². The molecule has 0 unspecified atom stereocenters. The number of anilines is 1. The Morgan fingerprint density at radius 3 is 2.56 bits per heavy atom. The van der Waals surface area contributed by atoms with Gasteiger partial charge in [0.05, 0.1) is 22.5 Å². The normalized spacial score (nSPS) is 19.3. The molecule has 6 nitrogen and oxygen atoms in total. The fourth-order valence-electron chi connectivity index (χ4n) is 4.09. The minimum Gasteiger partial charge on any atom is -0.325 e. The first-order valence-electron chi connectivity index (χ1n) is 11.4. The number of halogens is 2. The summed E-state index contributed by atoms with van der Waals surface area (Å²) in [6.07, 6.45) is 0.519. The first-order valence-corrected chi connectivity index (χ1v) is 12.7. The topological polar surface area (TPSA) is 74.1 Å².